The minimum Gasteiger partial charge on any atom is -0.456 e. The number of nitro groups is 1. The van der Waals surface area contributed by atoms with E-state index in [1.165, 1.54) is 12.1 Å². The maximum atomic E-state index is 12.8. The van der Waals surface area contributed by atoms with Crippen LogP contribution in [-0.4, -0.2) is 9.13 Å². The normalized spacial score (nSPS) is 12.4. The molecular formula is C19H11ClF3NO4S. The summed E-state index contributed by atoms with van der Waals surface area (Å²) in [6.07, 6.45) is -4.56. The molecule has 1 atom stereocenters. The number of nitro benzene ring substituents is 1. The zero-order chi connectivity index (χ0) is 21.2. The van der Waals surface area contributed by atoms with E-state index in [1.807, 2.05) is 0 Å². The Hall–Kier alpha value is -2.91. The lowest BCUT2D eigenvalue weighted by atomic mass is 10.2. The maximum absolute atomic E-state index is 12.8. The molecule has 0 spiro atoms. The molecule has 0 aliphatic carbocycles. The standard InChI is InChI=1S/C19H11ClF3NO4S/c20-15-10-12(19(21,22)23)6-9-17(15)28-13-7-8-16(24(25)26)18(11-13)29(27)14-4-2-1-3-5-14/h1-11H. The van der Waals surface area contributed by atoms with E-state index in [-0.39, 0.29) is 27.1 Å². The van der Waals surface area contributed by atoms with Gasteiger partial charge in [-0.05, 0) is 36.4 Å². The average molecular weight is 442 g/mol. The van der Waals surface area contributed by atoms with Crippen LogP contribution in [0.5, 0.6) is 11.5 Å². The third-order valence-electron chi connectivity index (χ3n) is 3.77. The molecule has 5 nitrogen and oxygen atoms in total. The first-order valence-corrected chi connectivity index (χ1v) is 9.49. The monoisotopic (exact) mass is 441 g/mol. The molecule has 0 N–H and O–H groups in total. The van der Waals surface area contributed by atoms with Crippen LogP contribution in [0, 0.1) is 10.1 Å². The summed E-state index contributed by atoms with van der Waals surface area (Å²) in [5.41, 5.74) is -1.32. The third kappa shape index (κ3) is 4.75. The quantitative estimate of drug-likeness (QED) is 0.348. The topological polar surface area (TPSA) is 69.4 Å². The average Bonchev–Trinajstić information content (AvgIpc) is 2.68. The summed E-state index contributed by atoms with van der Waals surface area (Å²) in [6.45, 7) is 0. The Bertz CT molecular complexity index is 1090. The Balaban J connectivity index is 1.98. The van der Waals surface area contributed by atoms with E-state index in [0.29, 0.717) is 11.0 Å². The second-order valence-electron chi connectivity index (χ2n) is 5.71. The van der Waals surface area contributed by atoms with E-state index < -0.39 is 27.5 Å². The van der Waals surface area contributed by atoms with Gasteiger partial charge in [0.15, 0.2) is 0 Å². The summed E-state index contributed by atoms with van der Waals surface area (Å²) in [5, 5.41) is 11.0. The van der Waals surface area contributed by atoms with Gasteiger partial charge >= 0.3 is 6.18 Å². The highest BCUT2D eigenvalue weighted by atomic mass is 35.5. The minimum absolute atomic E-state index is 0.0385. The fourth-order valence-electron chi connectivity index (χ4n) is 2.42. The van der Waals surface area contributed by atoms with Gasteiger partial charge in [0.2, 0.25) is 0 Å². The summed E-state index contributed by atoms with van der Waals surface area (Å²) >= 11 is 5.87. The molecule has 3 aromatic carbocycles. The first kappa shape index (κ1) is 20.8. The molecule has 3 aromatic rings. The molecule has 29 heavy (non-hydrogen) atoms. The van der Waals surface area contributed by atoms with Gasteiger partial charge in [0.1, 0.15) is 16.4 Å². The van der Waals surface area contributed by atoms with E-state index in [2.05, 4.69) is 0 Å². The van der Waals surface area contributed by atoms with Crippen molar-refractivity contribution < 1.29 is 27.0 Å². The van der Waals surface area contributed by atoms with E-state index in [4.69, 9.17) is 16.3 Å². The molecule has 0 saturated carbocycles. The van der Waals surface area contributed by atoms with Crippen molar-refractivity contribution in [1.29, 1.82) is 0 Å². The lowest BCUT2D eigenvalue weighted by Crippen LogP contribution is -2.04. The Kier molecular flexibility index (Phi) is 5.90. The SMILES string of the molecule is O=[N+]([O-])c1ccc(Oc2ccc(C(F)(F)F)cc2Cl)cc1S(=O)c1ccccc1. The predicted molar refractivity (Wildman–Crippen MR) is 101 cm³/mol. The van der Waals surface area contributed by atoms with E-state index >= 15 is 0 Å². The number of hydrogen-bond acceptors (Lipinski definition) is 4. The summed E-state index contributed by atoms with van der Waals surface area (Å²) in [7, 11) is -1.87. The van der Waals surface area contributed by atoms with Gasteiger partial charge in [0.25, 0.3) is 5.69 Å². The van der Waals surface area contributed by atoms with E-state index in [9.17, 15) is 27.5 Å². The first-order valence-electron chi connectivity index (χ1n) is 7.96. The van der Waals surface area contributed by atoms with Crippen LogP contribution in [0.4, 0.5) is 18.9 Å². The number of hydrogen-bond donors (Lipinski definition) is 0. The molecule has 3 rings (SSSR count). The van der Waals surface area contributed by atoms with Crippen molar-refractivity contribution >= 4 is 28.1 Å². The van der Waals surface area contributed by atoms with Gasteiger partial charge in [0.05, 0.1) is 26.3 Å². The molecule has 0 amide bonds. The number of alkyl halides is 3. The Morgan fingerprint density at radius 1 is 1.00 bits per heavy atom. The lowest BCUT2D eigenvalue weighted by Gasteiger charge is -2.12. The van der Waals surface area contributed by atoms with Crippen molar-refractivity contribution in [3.63, 3.8) is 0 Å². The highest BCUT2D eigenvalue weighted by Crippen LogP contribution is 2.38. The van der Waals surface area contributed by atoms with Crippen LogP contribution >= 0.6 is 11.6 Å². The van der Waals surface area contributed by atoms with Crippen LogP contribution in [-0.2, 0) is 17.0 Å². The van der Waals surface area contributed by atoms with Gasteiger partial charge in [-0.25, -0.2) is 4.21 Å². The van der Waals surface area contributed by atoms with Gasteiger partial charge in [-0.1, -0.05) is 29.8 Å². The molecule has 0 saturated heterocycles. The molecule has 0 aliphatic heterocycles. The first-order chi connectivity index (χ1) is 13.7. The molecular weight excluding hydrogens is 431 g/mol. The van der Waals surface area contributed by atoms with Gasteiger partial charge < -0.3 is 4.74 Å². The fourth-order valence-corrected chi connectivity index (χ4v) is 3.85. The molecule has 0 heterocycles. The second kappa shape index (κ2) is 8.22. The van der Waals surface area contributed by atoms with Crippen molar-refractivity contribution in [3.8, 4) is 11.5 Å². The molecule has 0 bridgehead atoms. The van der Waals surface area contributed by atoms with Crippen LogP contribution in [0.2, 0.25) is 5.02 Å². The fraction of sp³-hybridized carbons (Fsp3) is 0.0526. The lowest BCUT2D eigenvalue weighted by molar-refractivity contribution is -0.387. The van der Waals surface area contributed by atoms with Gasteiger partial charge in [-0.3, -0.25) is 10.1 Å². The predicted octanol–water partition coefficient (Wildman–Crippen LogP) is 6.23. The zero-order valence-corrected chi connectivity index (χ0v) is 15.9. The largest absolute Gasteiger partial charge is 0.456 e. The smallest absolute Gasteiger partial charge is 0.416 e. The van der Waals surface area contributed by atoms with Gasteiger partial charge in [0, 0.05) is 17.0 Å². The number of ether oxygens (including phenoxy) is 1. The molecule has 150 valence electrons. The van der Waals surface area contributed by atoms with Crippen LogP contribution < -0.4 is 4.74 Å². The molecule has 0 radical (unpaired) electrons. The van der Waals surface area contributed by atoms with Gasteiger partial charge in [-0.15, -0.1) is 0 Å². The molecule has 0 aliphatic rings. The van der Waals surface area contributed by atoms with Gasteiger partial charge in [-0.2, -0.15) is 13.2 Å². The minimum atomic E-state index is -4.56. The zero-order valence-electron chi connectivity index (χ0n) is 14.4. The second-order valence-corrected chi connectivity index (χ2v) is 7.57. The van der Waals surface area contributed by atoms with Crippen molar-refractivity contribution in [2.75, 3.05) is 0 Å². The summed E-state index contributed by atoms with van der Waals surface area (Å²) in [6, 6.07) is 14.2. The maximum Gasteiger partial charge on any atom is 0.416 e. The van der Waals surface area contributed by atoms with Crippen LogP contribution in [0.3, 0.4) is 0 Å². The number of nitrogens with zero attached hydrogens (tertiary/aromatic N) is 1. The van der Waals surface area contributed by atoms with Crippen LogP contribution in [0.25, 0.3) is 0 Å². The number of benzene rings is 3. The van der Waals surface area contributed by atoms with Crippen molar-refractivity contribution in [2.45, 2.75) is 16.0 Å². The third-order valence-corrected chi connectivity index (χ3v) is 5.49. The highest BCUT2D eigenvalue weighted by Gasteiger charge is 2.31. The Morgan fingerprint density at radius 2 is 1.69 bits per heavy atom. The van der Waals surface area contributed by atoms with Crippen molar-refractivity contribution in [3.05, 3.63) is 87.4 Å². The van der Waals surface area contributed by atoms with E-state index in [1.54, 1.807) is 30.3 Å². The van der Waals surface area contributed by atoms with Crippen molar-refractivity contribution in [2.24, 2.45) is 0 Å². The Labute approximate surface area is 170 Å². The molecule has 1 unspecified atom stereocenters. The number of rotatable bonds is 5. The van der Waals surface area contributed by atoms with Crippen LogP contribution in [0.1, 0.15) is 5.56 Å². The summed E-state index contributed by atoms with van der Waals surface area (Å²) in [5.74, 6) is -0.0403. The molecule has 10 heteroatoms. The van der Waals surface area contributed by atoms with Crippen LogP contribution in [0.15, 0.2) is 76.5 Å². The Morgan fingerprint density at radius 3 is 2.28 bits per heavy atom. The highest BCUT2D eigenvalue weighted by molar-refractivity contribution is 7.85. The van der Waals surface area contributed by atoms with Crippen molar-refractivity contribution in [1.82, 2.24) is 0 Å². The molecule has 0 fully saturated rings. The molecule has 0 aromatic heterocycles. The van der Waals surface area contributed by atoms with E-state index in [0.717, 1.165) is 18.2 Å². The summed E-state index contributed by atoms with van der Waals surface area (Å²) < 4.78 is 56.5. The summed E-state index contributed by atoms with van der Waals surface area (Å²) in [4.78, 5) is 10.9. The number of halogens is 4.